The summed E-state index contributed by atoms with van der Waals surface area (Å²) in [5.74, 6) is 0.720. The first-order valence-electron chi connectivity index (χ1n) is 5.33. The van der Waals surface area contributed by atoms with Gasteiger partial charge in [0.1, 0.15) is 11.6 Å². The molecule has 0 atom stereocenters. The molecule has 2 rings (SSSR count). The van der Waals surface area contributed by atoms with Crippen molar-refractivity contribution in [2.45, 2.75) is 13.5 Å². The molecule has 1 aromatic heterocycles. The molecule has 5 heteroatoms. The van der Waals surface area contributed by atoms with Crippen LogP contribution in [0.2, 0.25) is 0 Å². The van der Waals surface area contributed by atoms with Gasteiger partial charge in [0, 0.05) is 30.0 Å². The van der Waals surface area contributed by atoms with E-state index in [0.29, 0.717) is 12.2 Å². The fourth-order valence-electron chi connectivity index (χ4n) is 1.58. The number of imidazole rings is 1. The van der Waals surface area contributed by atoms with Crippen molar-refractivity contribution in [1.29, 1.82) is 0 Å². The number of nitrogens with one attached hydrogen (secondary N) is 1. The fourth-order valence-corrected chi connectivity index (χ4v) is 1.95. The maximum absolute atomic E-state index is 13.4. The van der Waals surface area contributed by atoms with E-state index in [2.05, 4.69) is 26.2 Å². The maximum Gasteiger partial charge on any atom is 0.146 e. The minimum Gasteiger partial charge on any atom is -0.381 e. The molecule has 0 aliphatic heterocycles. The van der Waals surface area contributed by atoms with E-state index in [1.165, 1.54) is 6.07 Å². The zero-order valence-corrected chi connectivity index (χ0v) is 11.0. The van der Waals surface area contributed by atoms with Gasteiger partial charge in [-0.15, -0.1) is 0 Å². The Morgan fingerprint density at radius 3 is 3.00 bits per heavy atom. The van der Waals surface area contributed by atoms with Gasteiger partial charge in [0.2, 0.25) is 0 Å². The molecule has 90 valence electrons. The third kappa shape index (κ3) is 3.06. The van der Waals surface area contributed by atoms with E-state index < -0.39 is 0 Å². The largest absolute Gasteiger partial charge is 0.381 e. The highest BCUT2D eigenvalue weighted by atomic mass is 79.9. The smallest absolute Gasteiger partial charge is 0.146 e. The second-order valence-electron chi connectivity index (χ2n) is 3.72. The number of benzene rings is 1. The van der Waals surface area contributed by atoms with Gasteiger partial charge < -0.3 is 9.88 Å². The van der Waals surface area contributed by atoms with E-state index in [1.807, 2.05) is 17.7 Å². The number of halogens is 2. The molecule has 0 spiro atoms. The predicted octanol–water partition coefficient (Wildman–Crippen LogP) is 3.21. The summed E-state index contributed by atoms with van der Waals surface area (Å²) in [5.41, 5.74) is 0.511. The number of anilines is 1. The van der Waals surface area contributed by atoms with Gasteiger partial charge in [-0.1, -0.05) is 15.9 Å². The zero-order valence-electron chi connectivity index (χ0n) is 9.45. The lowest BCUT2D eigenvalue weighted by Crippen LogP contribution is -2.11. The van der Waals surface area contributed by atoms with Gasteiger partial charge in [-0.25, -0.2) is 9.37 Å². The Labute approximate surface area is 108 Å². The average molecular weight is 298 g/mol. The monoisotopic (exact) mass is 297 g/mol. The number of aryl methyl sites for hydroxylation is 1. The van der Waals surface area contributed by atoms with Crippen LogP contribution in [0.4, 0.5) is 10.1 Å². The van der Waals surface area contributed by atoms with Crippen LogP contribution in [0.5, 0.6) is 0 Å². The quantitative estimate of drug-likeness (QED) is 0.939. The van der Waals surface area contributed by atoms with Gasteiger partial charge in [0.05, 0.1) is 5.69 Å². The first-order chi connectivity index (χ1) is 8.16. The molecule has 0 aliphatic rings. The van der Waals surface area contributed by atoms with Gasteiger partial charge >= 0.3 is 0 Å². The summed E-state index contributed by atoms with van der Waals surface area (Å²) in [6, 6.07) is 4.85. The summed E-state index contributed by atoms with van der Waals surface area (Å²) in [7, 11) is 0. The molecule has 2 aromatic rings. The van der Waals surface area contributed by atoms with Crippen LogP contribution < -0.4 is 5.32 Å². The molecule has 0 amide bonds. The molecule has 1 heterocycles. The van der Waals surface area contributed by atoms with Crippen molar-refractivity contribution in [2.75, 3.05) is 11.9 Å². The standard InChI is InChI=1S/C12H13BrFN3/c1-9-15-4-6-17(9)7-5-16-12-8-10(13)2-3-11(12)14/h2-4,6,8,16H,5,7H2,1H3. The van der Waals surface area contributed by atoms with Gasteiger partial charge in [0.25, 0.3) is 0 Å². The number of aromatic nitrogens is 2. The van der Waals surface area contributed by atoms with E-state index in [0.717, 1.165) is 16.8 Å². The SMILES string of the molecule is Cc1nccn1CCNc1cc(Br)ccc1F. The number of hydrogen-bond donors (Lipinski definition) is 1. The van der Waals surface area contributed by atoms with Crippen LogP contribution in [0, 0.1) is 12.7 Å². The molecule has 0 saturated carbocycles. The van der Waals surface area contributed by atoms with Gasteiger partial charge in [-0.2, -0.15) is 0 Å². The minimum atomic E-state index is -0.240. The molecule has 0 aliphatic carbocycles. The molecule has 1 N–H and O–H groups in total. The second-order valence-corrected chi connectivity index (χ2v) is 4.63. The Bertz CT molecular complexity index is 510. The van der Waals surface area contributed by atoms with Crippen LogP contribution in [0.25, 0.3) is 0 Å². The molecular weight excluding hydrogens is 285 g/mol. The molecule has 0 radical (unpaired) electrons. The molecule has 0 fully saturated rings. The molecule has 0 unspecified atom stereocenters. The van der Waals surface area contributed by atoms with Crippen LogP contribution in [-0.2, 0) is 6.54 Å². The minimum absolute atomic E-state index is 0.240. The maximum atomic E-state index is 13.4. The molecule has 0 saturated heterocycles. The van der Waals surface area contributed by atoms with E-state index in [9.17, 15) is 4.39 Å². The van der Waals surface area contributed by atoms with Crippen molar-refractivity contribution >= 4 is 21.6 Å². The first-order valence-corrected chi connectivity index (χ1v) is 6.13. The van der Waals surface area contributed by atoms with Crippen molar-refractivity contribution < 1.29 is 4.39 Å². The summed E-state index contributed by atoms with van der Waals surface area (Å²) < 4.78 is 16.3. The molecular formula is C12H13BrFN3. The van der Waals surface area contributed by atoms with E-state index in [-0.39, 0.29) is 5.82 Å². The Kier molecular flexibility index (Phi) is 3.78. The topological polar surface area (TPSA) is 29.9 Å². The van der Waals surface area contributed by atoms with E-state index in [4.69, 9.17) is 0 Å². The van der Waals surface area contributed by atoms with Crippen LogP contribution >= 0.6 is 15.9 Å². The van der Waals surface area contributed by atoms with E-state index in [1.54, 1.807) is 18.3 Å². The lowest BCUT2D eigenvalue weighted by atomic mass is 10.3. The summed E-state index contributed by atoms with van der Waals surface area (Å²) in [6.07, 6.45) is 3.67. The Morgan fingerprint density at radius 2 is 2.29 bits per heavy atom. The number of hydrogen-bond acceptors (Lipinski definition) is 2. The van der Waals surface area contributed by atoms with Crippen LogP contribution in [0.1, 0.15) is 5.82 Å². The molecule has 1 aromatic carbocycles. The van der Waals surface area contributed by atoms with Crippen LogP contribution in [0.3, 0.4) is 0 Å². The van der Waals surface area contributed by atoms with Gasteiger partial charge in [-0.05, 0) is 25.1 Å². The van der Waals surface area contributed by atoms with Crippen molar-refractivity contribution in [3.63, 3.8) is 0 Å². The van der Waals surface area contributed by atoms with Crippen LogP contribution in [-0.4, -0.2) is 16.1 Å². The lowest BCUT2D eigenvalue weighted by molar-refractivity contribution is 0.626. The Morgan fingerprint density at radius 1 is 1.47 bits per heavy atom. The second kappa shape index (κ2) is 5.31. The summed E-state index contributed by atoms with van der Waals surface area (Å²) in [5, 5.41) is 3.07. The van der Waals surface area contributed by atoms with Crippen LogP contribution in [0.15, 0.2) is 35.1 Å². The number of rotatable bonds is 4. The summed E-state index contributed by atoms with van der Waals surface area (Å²) >= 11 is 3.32. The molecule has 3 nitrogen and oxygen atoms in total. The van der Waals surface area contributed by atoms with Crippen molar-refractivity contribution in [3.05, 3.63) is 46.7 Å². The van der Waals surface area contributed by atoms with Gasteiger partial charge in [0.15, 0.2) is 0 Å². The average Bonchev–Trinajstić information content (AvgIpc) is 2.70. The highest BCUT2D eigenvalue weighted by Gasteiger charge is 2.02. The van der Waals surface area contributed by atoms with Crippen molar-refractivity contribution in [2.24, 2.45) is 0 Å². The number of nitrogens with zero attached hydrogens (tertiary/aromatic N) is 2. The highest BCUT2D eigenvalue weighted by molar-refractivity contribution is 9.10. The summed E-state index contributed by atoms with van der Waals surface area (Å²) in [6.45, 7) is 3.36. The predicted molar refractivity (Wildman–Crippen MR) is 69.6 cm³/mol. The third-order valence-electron chi connectivity index (χ3n) is 2.52. The van der Waals surface area contributed by atoms with Crippen molar-refractivity contribution in [1.82, 2.24) is 9.55 Å². The lowest BCUT2D eigenvalue weighted by Gasteiger charge is -2.09. The molecule has 0 bridgehead atoms. The first kappa shape index (κ1) is 12.1. The zero-order chi connectivity index (χ0) is 12.3. The normalized spacial score (nSPS) is 10.5. The fraction of sp³-hybridized carbons (Fsp3) is 0.250. The Balaban J connectivity index is 1.94. The summed E-state index contributed by atoms with van der Waals surface area (Å²) in [4.78, 5) is 4.13. The van der Waals surface area contributed by atoms with Crippen molar-refractivity contribution in [3.8, 4) is 0 Å². The van der Waals surface area contributed by atoms with E-state index >= 15 is 0 Å². The highest BCUT2D eigenvalue weighted by Crippen LogP contribution is 2.19. The third-order valence-corrected chi connectivity index (χ3v) is 3.01. The Hall–Kier alpha value is -1.36. The molecule has 17 heavy (non-hydrogen) atoms. The van der Waals surface area contributed by atoms with Gasteiger partial charge in [-0.3, -0.25) is 0 Å².